The minimum absolute atomic E-state index is 0.128. The van der Waals surface area contributed by atoms with E-state index in [1.165, 1.54) is 6.07 Å². The van der Waals surface area contributed by atoms with Gasteiger partial charge in [-0.3, -0.25) is 4.21 Å². The molecule has 0 bridgehead atoms. The molecule has 84 valence electrons. The number of benzene rings is 1. The lowest BCUT2D eigenvalue weighted by atomic mass is 10.2. The van der Waals surface area contributed by atoms with Crippen LogP contribution in [0, 0.1) is 11.6 Å². The number of nitrogens with two attached hydrogens (primary N) is 1. The molecular weight excluding hydrogens is 220 g/mol. The molecule has 0 heterocycles. The maximum absolute atomic E-state index is 13.2. The van der Waals surface area contributed by atoms with Crippen LogP contribution < -0.4 is 5.73 Å². The van der Waals surface area contributed by atoms with Gasteiger partial charge in [0.15, 0.2) is 0 Å². The highest BCUT2D eigenvalue weighted by atomic mass is 32.2. The van der Waals surface area contributed by atoms with Crippen molar-refractivity contribution in [2.75, 3.05) is 6.54 Å². The Morgan fingerprint density at radius 1 is 1.40 bits per heavy atom. The zero-order chi connectivity index (χ0) is 11.4. The summed E-state index contributed by atoms with van der Waals surface area (Å²) in [5, 5.41) is -0.260. The lowest BCUT2D eigenvalue weighted by Gasteiger charge is -2.09. The largest absolute Gasteiger partial charge is 0.329 e. The summed E-state index contributed by atoms with van der Waals surface area (Å²) in [6.45, 7) is 1.93. The fraction of sp³-hybridized carbons (Fsp3) is 0.400. The normalized spacial score (nSPS) is 14.9. The van der Waals surface area contributed by atoms with Crippen LogP contribution in [-0.2, 0) is 16.6 Å². The smallest absolute Gasteiger partial charge is 0.130 e. The lowest BCUT2D eigenvalue weighted by Crippen LogP contribution is -2.23. The van der Waals surface area contributed by atoms with E-state index in [1.807, 2.05) is 0 Å². The van der Waals surface area contributed by atoms with Gasteiger partial charge >= 0.3 is 0 Å². The second-order valence-corrected chi connectivity index (χ2v) is 5.13. The van der Waals surface area contributed by atoms with Crippen molar-refractivity contribution >= 4 is 10.8 Å². The van der Waals surface area contributed by atoms with Crippen molar-refractivity contribution in [3.63, 3.8) is 0 Å². The van der Waals surface area contributed by atoms with Gasteiger partial charge in [0.2, 0.25) is 0 Å². The Bertz CT molecular complexity index is 350. The second-order valence-electron chi connectivity index (χ2n) is 3.27. The molecule has 0 fully saturated rings. The predicted molar refractivity (Wildman–Crippen MR) is 56.7 cm³/mol. The molecule has 2 atom stereocenters. The second kappa shape index (κ2) is 5.32. The summed E-state index contributed by atoms with van der Waals surface area (Å²) in [6, 6.07) is 3.59. The van der Waals surface area contributed by atoms with Gasteiger partial charge in [0, 0.05) is 28.2 Å². The third kappa shape index (κ3) is 3.07. The maximum atomic E-state index is 13.2. The van der Waals surface area contributed by atoms with Crippen LogP contribution >= 0.6 is 0 Å². The lowest BCUT2D eigenvalue weighted by molar-refractivity contribution is 0.564. The Morgan fingerprint density at radius 2 is 1.93 bits per heavy atom. The first-order chi connectivity index (χ1) is 7.06. The Balaban J connectivity index is 2.85. The topological polar surface area (TPSA) is 43.1 Å². The van der Waals surface area contributed by atoms with Crippen LogP contribution in [0.2, 0.25) is 0 Å². The zero-order valence-electron chi connectivity index (χ0n) is 8.37. The van der Waals surface area contributed by atoms with E-state index in [-0.39, 0.29) is 23.1 Å². The molecule has 15 heavy (non-hydrogen) atoms. The summed E-state index contributed by atoms with van der Waals surface area (Å²) in [6.07, 6.45) is 0. The van der Waals surface area contributed by atoms with Gasteiger partial charge in [0.25, 0.3) is 0 Å². The molecule has 0 aliphatic carbocycles. The number of hydrogen-bond donors (Lipinski definition) is 1. The highest BCUT2D eigenvalue weighted by Crippen LogP contribution is 2.15. The number of hydrogen-bond acceptors (Lipinski definition) is 2. The highest BCUT2D eigenvalue weighted by Gasteiger charge is 2.15. The molecule has 0 radical (unpaired) electrons. The summed E-state index contributed by atoms with van der Waals surface area (Å²) in [4.78, 5) is 0. The molecule has 0 aromatic heterocycles. The highest BCUT2D eigenvalue weighted by molar-refractivity contribution is 7.84. The summed E-state index contributed by atoms with van der Waals surface area (Å²) in [5.41, 5.74) is 5.19. The van der Waals surface area contributed by atoms with E-state index in [0.717, 1.165) is 12.1 Å². The van der Waals surface area contributed by atoms with Gasteiger partial charge in [0.05, 0.1) is 5.75 Å². The number of rotatable bonds is 4. The molecule has 2 nitrogen and oxygen atoms in total. The zero-order valence-corrected chi connectivity index (χ0v) is 9.19. The fourth-order valence-electron chi connectivity index (χ4n) is 1.06. The molecule has 2 unspecified atom stereocenters. The predicted octanol–water partition coefficient (Wildman–Crippen LogP) is 1.56. The maximum Gasteiger partial charge on any atom is 0.130 e. The Hall–Kier alpha value is -0.810. The first-order valence-corrected chi connectivity index (χ1v) is 5.94. The van der Waals surface area contributed by atoms with E-state index in [2.05, 4.69) is 0 Å². The molecule has 0 aliphatic heterocycles. The van der Waals surface area contributed by atoms with Crippen molar-refractivity contribution in [3.05, 3.63) is 35.4 Å². The van der Waals surface area contributed by atoms with Gasteiger partial charge in [-0.2, -0.15) is 0 Å². The Labute approximate surface area is 89.9 Å². The molecule has 0 aliphatic rings. The van der Waals surface area contributed by atoms with Crippen LogP contribution in [0.3, 0.4) is 0 Å². The van der Waals surface area contributed by atoms with Gasteiger partial charge in [-0.05, 0) is 19.1 Å². The molecule has 1 aromatic rings. The van der Waals surface area contributed by atoms with E-state index < -0.39 is 22.4 Å². The Kier molecular flexibility index (Phi) is 4.35. The van der Waals surface area contributed by atoms with Crippen LogP contribution in [0.25, 0.3) is 0 Å². The molecule has 0 saturated carbocycles. The molecule has 0 amide bonds. The van der Waals surface area contributed by atoms with Crippen molar-refractivity contribution in [3.8, 4) is 0 Å². The molecule has 0 saturated heterocycles. The van der Waals surface area contributed by atoms with Crippen LogP contribution in [0.4, 0.5) is 8.78 Å². The first-order valence-electron chi connectivity index (χ1n) is 4.56. The number of halogens is 2. The van der Waals surface area contributed by atoms with Crippen molar-refractivity contribution in [1.29, 1.82) is 0 Å². The molecule has 1 aromatic carbocycles. The molecule has 5 heteroatoms. The van der Waals surface area contributed by atoms with Crippen LogP contribution in [0.5, 0.6) is 0 Å². The average Bonchev–Trinajstić information content (AvgIpc) is 2.22. The van der Waals surface area contributed by atoms with Gasteiger partial charge in [-0.1, -0.05) is 6.07 Å². The van der Waals surface area contributed by atoms with E-state index in [1.54, 1.807) is 6.92 Å². The fourth-order valence-corrected chi connectivity index (χ4v) is 2.12. The van der Waals surface area contributed by atoms with Crippen LogP contribution in [0.15, 0.2) is 18.2 Å². The third-order valence-corrected chi connectivity index (χ3v) is 3.79. The van der Waals surface area contributed by atoms with Crippen molar-refractivity contribution < 1.29 is 13.0 Å². The standard InChI is InChI=1S/C10H13F2NOS/c1-7(5-13)15(14)6-8-9(11)3-2-4-10(8)12/h2-4,7H,5-6,13H2,1H3. The van der Waals surface area contributed by atoms with Gasteiger partial charge in [-0.15, -0.1) is 0 Å². The first kappa shape index (κ1) is 12.3. The summed E-state index contributed by atoms with van der Waals surface area (Å²) < 4.78 is 37.9. The summed E-state index contributed by atoms with van der Waals surface area (Å²) in [5.74, 6) is -1.45. The minimum Gasteiger partial charge on any atom is -0.329 e. The van der Waals surface area contributed by atoms with Gasteiger partial charge < -0.3 is 5.73 Å². The molecule has 0 spiro atoms. The SMILES string of the molecule is CC(CN)S(=O)Cc1c(F)cccc1F. The quantitative estimate of drug-likeness (QED) is 0.857. The minimum atomic E-state index is -1.34. The molecular formula is C10H13F2NOS. The van der Waals surface area contributed by atoms with Crippen molar-refractivity contribution in [2.24, 2.45) is 5.73 Å². The van der Waals surface area contributed by atoms with Crippen LogP contribution in [0.1, 0.15) is 12.5 Å². The molecule has 2 N–H and O–H groups in total. The van der Waals surface area contributed by atoms with E-state index >= 15 is 0 Å². The van der Waals surface area contributed by atoms with Crippen molar-refractivity contribution in [1.82, 2.24) is 0 Å². The monoisotopic (exact) mass is 233 g/mol. The summed E-state index contributed by atoms with van der Waals surface area (Å²) >= 11 is 0. The van der Waals surface area contributed by atoms with Gasteiger partial charge in [-0.25, -0.2) is 8.78 Å². The van der Waals surface area contributed by atoms with E-state index in [4.69, 9.17) is 5.73 Å². The van der Waals surface area contributed by atoms with E-state index in [0.29, 0.717) is 0 Å². The Morgan fingerprint density at radius 3 is 2.40 bits per heavy atom. The van der Waals surface area contributed by atoms with E-state index in [9.17, 15) is 13.0 Å². The van der Waals surface area contributed by atoms with Crippen molar-refractivity contribution in [2.45, 2.75) is 17.9 Å². The molecule has 1 rings (SSSR count). The average molecular weight is 233 g/mol. The van der Waals surface area contributed by atoms with Gasteiger partial charge in [0.1, 0.15) is 11.6 Å². The third-order valence-electron chi connectivity index (χ3n) is 2.13. The van der Waals surface area contributed by atoms with Crippen LogP contribution in [-0.4, -0.2) is 16.0 Å². The summed E-state index contributed by atoms with van der Waals surface area (Å²) in [7, 11) is -1.34.